The molecule has 0 fully saturated rings. The fraction of sp³-hybridized carbons (Fsp3) is 0.143. The molecule has 0 bridgehead atoms. The number of hydrogen-bond donors (Lipinski definition) is 0. The third-order valence-electron chi connectivity index (χ3n) is 1.29. The highest BCUT2D eigenvalue weighted by atomic mass is 35.5. The van der Waals surface area contributed by atoms with Crippen LogP contribution in [0.2, 0.25) is 0 Å². The second-order valence-electron chi connectivity index (χ2n) is 2.17. The van der Waals surface area contributed by atoms with Gasteiger partial charge in [0, 0.05) is 6.20 Å². The predicted molar refractivity (Wildman–Crippen MR) is 39.4 cm³/mol. The Hall–Kier alpha value is -1.10. The van der Waals surface area contributed by atoms with E-state index < -0.39 is 22.7 Å². The van der Waals surface area contributed by atoms with E-state index >= 15 is 0 Å². The van der Waals surface area contributed by atoms with Crippen molar-refractivity contribution in [2.45, 2.75) is 6.18 Å². The average Bonchev–Trinajstić information content (AvgIpc) is 2.03. The molecule has 2 nitrogen and oxygen atoms in total. The number of halogens is 4. The SMILES string of the molecule is O=C(Cl)c1cccnc1C(F)(F)F. The first-order chi connectivity index (χ1) is 5.93. The maximum Gasteiger partial charge on any atom is 0.434 e. The number of hydrogen-bond acceptors (Lipinski definition) is 2. The smallest absolute Gasteiger partial charge is 0.276 e. The van der Waals surface area contributed by atoms with Crippen LogP contribution in [0, 0.1) is 0 Å². The van der Waals surface area contributed by atoms with Crippen molar-refractivity contribution in [3.63, 3.8) is 0 Å². The Bertz CT molecular complexity index is 337. The minimum Gasteiger partial charge on any atom is -0.276 e. The van der Waals surface area contributed by atoms with Crippen LogP contribution >= 0.6 is 11.6 Å². The number of alkyl halides is 3. The molecule has 0 atom stereocenters. The largest absolute Gasteiger partial charge is 0.434 e. The van der Waals surface area contributed by atoms with E-state index in [4.69, 9.17) is 11.6 Å². The van der Waals surface area contributed by atoms with Crippen LogP contribution in [0.25, 0.3) is 0 Å². The summed E-state index contributed by atoms with van der Waals surface area (Å²) in [5.41, 5.74) is -1.88. The van der Waals surface area contributed by atoms with Crippen LogP contribution in [0.1, 0.15) is 16.1 Å². The normalized spacial score (nSPS) is 11.4. The van der Waals surface area contributed by atoms with Gasteiger partial charge in [0.2, 0.25) is 0 Å². The Labute approximate surface area is 76.3 Å². The van der Waals surface area contributed by atoms with Crippen LogP contribution < -0.4 is 0 Å². The summed E-state index contributed by atoms with van der Waals surface area (Å²) in [4.78, 5) is 13.6. The number of carbonyl (C=O) groups excluding carboxylic acids is 1. The second kappa shape index (κ2) is 3.33. The molecule has 70 valence electrons. The molecule has 0 spiro atoms. The van der Waals surface area contributed by atoms with E-state index in [9.17, 15) is 18.0 Å². The molecular formula is C7H3ClF3NO. The molecule has 1 heterocycles. The highest BCUT2D eigenvalue weighted by Gasteiger charge is 2.36. The van der Waals surface area contributed by atoms with Crippen molar-refractivity contribution < 1.29 is 18.0 Å². The first-order valence-electron chi connectivity index (χ1n) is 3.15. The van der Waals surface area contributed by atoms with Crippen molar-refractivity contribution in [2.75, 3.05) is 0 Å². The third-order valence-corrected chi connectivity index (χ3v) is 1.49. The lowest BCUT2D eigenvalue weighted by Crippen LogP contribution is -2.12. The van der Waals surface area contributed by atoms with Gasteiger partial charge in [-0.15, -0.1) is 0 Å². The molecular weight excluding hydrogens is 207 g/mol. The Balaban J connectivity index is 3.28. The minimum atomic E-state index is -4.65. The van der Waals surface area contributed by atoms with Crippen molar-refractivity contribution in [1.29, 1.82) is 0 Å². The zero-order valence-electron chi connectivity index (χ0n) is 6.10. The highest BCUT2D eigenvalue weighted by molar-refractivity contribution is 6.67. The van der Waals surface area contributed by atoms with Crippen molar-refractivity contribution >= 4 is 16.8 Å². The molecule has 0 aliphatic heterocycles. The summed E-state index contributed by atoms with van der Waals surface area (Å²) in [6, 6.07) is 2.19. The molecule has 6 heteroatoms. The van der Waals surface area contributed by atoms with Crippen LogP contribution in [0.3, 0.4) is 0 Å². The van der Waals surface area contributed by atoms with Gasteiger partial charge in [0.05, 0.1) is 5.56 Å². The number of rotatable bonds is 1. The van der Waals surface area contributed by atoms with Crippen LogP contribution in [-0.2, 0) is 6.18 Å². The van der Waals surface area contributed by atoms with Crippen LogP contribution in [0.4, 0.5) is 13.2 Å². The first-order valence-corrected chi connectivity index (χ1v) is 3.53. The van der Waals surface area contributed by atoms with E-state index in [0.717, 1.165) is 12.3 Å². The summed E-state index contributed by atoms with van der Waals surface area (Å²) >= 11 is 4.94. The number of aromatic nitrogens is 1. The lowest BCUT2D eigenvalue weighted by molar-refractivity contribution is -0.141. The van der Waals surface area contributed by atoms with Gasteiger partial charge in [-0.25, -0.2) is 0 Å². The Morgan fingerprint density at radius 3 is 2.46 bits per heavy atom. The van der Waals surface area contributed by atoms with Gasteiger partial charge in [0.25, 0.3) is 5.24 Å². The standard InChI is InChI=1S/C7H3ClF3NO/c8-6(13)4-2-1-3-12-5(4)7(9,10)11/h1-3H. The summed E-state index contributed by atoms with van der Waals surface area (Å²) in [5.74, 6) is 0. The maximum absolute atomic E-state index is 12.1. The molecule has 0 aliphatic carbocycles. The highest BCUT2D eigenvalue weighted by Crippen LogP contribution is 2.30. The van der Waals surface area contributed by atoms with Gasteiger partial charge >= 0.3 is 6.18 Å². The molecule has 1 aromatic heterocycles. The number of carbonyl (C=O) groups is 1. The predicted octanol–water partition coefficient (Wildman–Crippen LogP) is 2.48. The van der Waals surface area contributed by atoms with Gasteiger partial charge in [0.15, 0.2) is 5.69 Å². The van der Waals surface area contributed by atoms with Gasteiger partial charge < -0.3 is 0 Å². The summed E-state index contributed by atoms with van der Waals surface area (Å²) in [6.07, 6.45) is -3.70. The molecule has 1 rings (SSSR count). The van der Waals surface area contributed by atoms with Crippen LogP contribution in [-0.4, -0.2) is 10.2 Å². The third kappa shape index (κ3) is 2.18. The number of nitrogens with zero attached hydrogens (tertiary/aromatic N) is 1. The van der Waals surface area contributed by atoms with Gasteiger partial charge in [0.1, 0.15) is 0 Å². The van der Waals surface area contributed by atoms with E-state index in [2.05, 4.69) is 4.98 Å². The summed E-state index contributed by atoms with van der Waals surface area (Å²) in [7, 11) is 0. The fourth-order valence-electron chi connectivity index (χ4n) is 0.790. The van der Waals surface area contributed by atoms with E-state index in [1.54, 1.807) is 0 Å². The topological polar surface area (TPSA) is 30.0 Å². The quantitative estimate of drug-likeness (QED) is 0.665. The molecule has 0 unspecified atom stereocenters. The molecule has 0 saturated carbocycles. The Kier molecular flexibility index (Phi) is 2.56. The van der Waals surface area contributed by atoms with Crippen molar-refractivity contribution in [3.05, 3.63) is 29.6 Å². The number of pyridine rings is 1. The molecule has 0 amide bonds. The fourth-order valence-corrected chi connectivity index (χ4v) is 0.942. The van der Waals surface area contributed by atoms with E-state index in [1.165, 1.54) is 6.07 Å². The summed E-state index contributed by atoms with van der Waals surface area (Å²) in [5, 5.41) is -1.17. The first kappa shape index (κ1) is 9.98. The van der Waals surface area contributed by atoms with Gasteiger partial charge in [-0.3, -0.25) is 9.78 Å². The lowest BCUT2D eigenvalue weighted by Gasteiger charge is -2.07. The van der Waals surface area contributed by atoms with E-state index in [1.807, 2.05) is 0 Å². The monoisotopic (exact) mass is 209 g/mol. The lowest BCUT2D eigenvalue weighted by atomic mass is 10.2. The zero-order chi connectivity index (χ0) is 10.1. The van der Waals surface area contributed by atoms with Gasteiger partial charge in [-0.1, -0.05) is 0 Å². The maximum atomic E-state index is 12.1. The molecule has 0 aliphatic rings. The van der Waals surface area contributed by atoms with E-state index in [0.29, 0.717) is 0 Å². The van der Waals surface area contributed by atoms with E-state index in [-0.39, 0.29) is 0 Å². The van der Waals surface area contributed by atoms with Crippen molar-refractivity contribution in [2.24, 2.45) is 0 Å². The minimum absolute atomic E-state index is 0.628. The molecule has 13 heavy (non-hydrogen) atoms. The molecule has 0 aromatic carbocycles. The van der Waals surface area contributed by atoms with Crippen LogP contribution in [0.15, 0.2) is 18.3 Å². The molecule has 1 aromatic rings. The average molecular weight is 210 g/mol. The molecule has 0 saturated heterocycles. The summed E-state index contributed by atoms with van der Waals surface area (Å²) < 4.78 is 36.4. The molecule has 0 N–H and O–H groups in total. The zero-order valence-corrected chi connectivity index (χ0v) is 6.86. The second-order valence-corrected chi connectivity index (χ2v) is 2.51. The summed E-state index contributed by atoms with van der Waals surface area (Å²) in [6.45, 7) is 0. The Morgan fingerprint density at radius 1 is 1.46 bits per heavy atom. The van der Waals surface area contributed by atoms with Crippen LogP contribution in [0.5, 0.6) is 0 Å². The van der Waals surface area contributed by atoms with Crippen molar-refractivity contribution in [3.8, 4) is 0 Å². The Morgan fingerprint density at radius 2 is 2.08 bits per heavy atom. The molecule has 0 radical (unpaired) electrons. The van der Waals surface area contributed by atoms with Gasteiger partial charge in [-0.2, -0.15) is 13.2 Å². The van der Waals surface area contributed by atoms with Crippen molar-refractivity contribution in [1.82, 2.24) is 4.98 Å². The van der Waals surface area contributed by atoms with Gasteiger partial charge in [-0.05, 0) is 23.7 Å².